The number of anilines is 1. The summed E-state index contributed by atoms with van der Waals surface area (Å²) in [6, 6.07) is 3.43. The number of ether oxygens (including phenoxy) is 1. The van der Waals surface area contributed by atoms with Gasteiger partial charge in [-0.1, -0.05) is 12.8 Å². The number of likely N-dealkylation sites (tertiary alicyclic amines) is 1. The zero-order valence-electron chi connectivity index (χ0n) is 15.6. The SMILES string of the molecule is COc1cc(N(C2CC2)C2CCN(C(=O)NC3CCCC3)CC2)ncn1. The zero-order chi connectivity index (χ0) is 17.9. The van der Waals surface area contributed by atoms with Crippen molar-refractivity contribution in [2.24, 2.45) is 0 Å². The first-order valence-electron chi connectivity index (χ1n) is 9.94. The van der Waals surface area contributed by atoms with Gasteiger partial charge in [0.25, 0.3) is 0 Å². The number of methoxy groups -OCH3 is 1. The third-order valence-corrected chi connectivity index (χ3v) is 5.87. The number of hydrogen-bond acceptors (Lipinski definition) is 5. The van der Waals surface area contributed by atoms with Crippen molar-refractivity contribution in [2.45, 2.75) is 69.5 Å². The fourth-order valence-electron chi connectivity index (χ4n) is 4.29. The van der Waals surface area contributed by atoms with Crippen LogP contribution in [-0.2, 0) is 0 Å². The smallest absolute Gasteiger partial charge is 0.317 e. The highest BCUT2D eigenvalue weighted by molar-refractivity contribution is 5.74. The van der Waals surface area contributed by atoms with Crippen LogP contribution in [0.25, 0.3) is 0 Å². The molecule has 0 atom stereocenters. The van der Waals surface area contributed by atoms with E-state index in [2.05, 4.69) is 20.2 Å². The zero-order valence-corrected chi connectivity index (χ0v) is 15.6. The fraction of sp³-hybridized carbons (Fsp3) is 0.737. The average Bonchev–Trinajstić information content (AvgIpc) is 3.38. The predicted molar refractivity (Wildman–Crippen MR) is 99.5 cm³/mol. The number of rotatable bonds is 5. The summed E-state index contributed by atoms with van der Waals surface area (Å²) < 4.78 is 5.27. The van der Waals surface area contributed by atoms with Crippen molar-refractivity contribution in [1.29, 1.82) is 0 Å². The summed E-state index contributed by atoms with van der Waals surface area (Å²) in [6.07, 6.45) is 10.7. The van der Waals surface area contributed by atoms with E-state index in [0.29, 0.717) is 24.0 Å². The van der Waals surface area contributed by atoms with Crippen LogP contribution in [0.1, 0.15) is 51.4 Å². The molecular formula is C19H29N5O2. The van der Waals surface area contributed by atoms with Gasteiger partial charge in [-0.15, -0.1) is 0 Å². The van der Waals surface area contributed by atoms with Crippen LogP contribution in [-0.4, -0.2) is 59.2 Å². The number of carbonyl (C=O) groups excluding carboxylic acids is 1. The summed E-state index contributed by atoms with van der Waals surface area (Å²) in [5.41, 5.74) is 0. The van der Waals surface area contributed by atoms with Crippen molar-refractivity contribution in [3.63, 3.8) is 0 Å². The molecule has 26 heavy (non-hydrogen) atoms. The second-order valence-electron chi connectivity index (χ2n) is 7.71. The molecule has 1 N–H and O–H groups in total. The summed E-state index contributed by atoms with van der Waals surface area (Å²) in [4.78, 5) is 25.5. The van der Waals surface area contributed by atoms with Crippen LogP contribution in [0.5, 0.6) is 5.88 Å². The maximum absolute atomic E-state index is 12.5. The minimum Gasteiger partial charge on any atom is -0.481 e. The number of amides is 2. The standard InChI is InChI=1S/C19H29N5O2/c1-26-18-12-17(20-13-21-18)24(15-6-7-15)16-8-10-23(11-9-16)19(25)22-14-4-2-3-5-14/h12-16H,2-11H2,1H3,(H,22,25). The predicted octanol–water partition coefficient (Wildman–Crippen LogP) is 2.57. The first-order valence-corrected chi connectivity index (χ1v) is 9.94. The third kappa shape index (κ3) is 3.86. The summed E-state index contributed by atoms with van der Waals surface area (Å²) >= 11 is 0. The number of nitrogens with one attached hydrogen (secondary N) is 1. The molecule has 0 unspecified atom stereocenters. The Kier molecular flexibility index (Phi) is 5.13. The molecule has 0 spiro atoms. The minimum absolute atomic E-state index is 0.122. The van der Waals surface area contributed by atoms with Gasteiger partial charge in [0.1, 0.15) is 12.1 Å². The van der Waals surface area contributed by atoms with Gasteiger partial charge in [-0.05, 0) is 38.5 Å². The molecule has 1 saturated heterocycles. The lowest BCUT2D eigenvalue weighted by Crippen LogP contribution is -2.51. The Hall–Kier alpha value is -2.05. The van der Waals surface area contributed by atoms with E-state index >= 15 is 0 Å². The first kappa shape index (κ1) is 17.4. The molecule has 7 heteroatoms. The molecule has 0 radical (unpaired) electrons. The average molecular weight is 359 g/mol. The van der Waals surface area contributed by atoms with Crippen molar-refractivity contribution >= 4 is 11.8 Å². The van der Waals surface area contributed by atoms with E-state index in [0.717, 1.165) is 44.6 Å². The molecule has 0 aromatic carbocycles. The molecule has 4 rings (SSSR count). The lowest BCUT2D eigenvalue weighted by Gasteiger charge is -2.39. The van der Waals surface area contributed by atoms with Gasteiger partial charge >= 0.3 is 6.03 Å². The molecule has 1 aromatic rings. The Balaban J connectivity index is 1.36. The monoisotopic (exact) mass is 359 g/mol. The van der Waals surface area contributed by atoms with E-state index in [1.807, 2.05) is 11.0 Å². The highest BCUT2D eigenvalue weighted by atomic mass is 16.5. The van der Waals surface area contributed by atoms with Crippen LogP contribution < -0.4 is 15.0 Å². The van der Waals surface area contributed by atoms with Crippen molar-refractivity contribution < 1.29 is 9.53 Å². The van der Waals surface area contributed by atoms with Gasteiger partial charge in [0, 0.05) is 37.3 Å². The van der Waals surface area contributed by atoms with Gasteiger partial charge in [0.2, 0.25) is 5.88 Å². The number of urea groups is 1. The molecule has 2 heterocycles. The molecule has 2 saturated carbocycles. The minimum atomic E-state index is 0.122. The van der Waals surface area contributed by atoms with Crippen molar-refractivity contribution in [3.05, 3.63) is 12.4 Å². The van der Waals surface area contributed by atoms with Crippen LogP contribution in [0.2, 0.25) is 0 Å². The first-order chi connectivity index (χ1) is 12.7. The Bertz CT molecular complexity index is 622. The van der Waals surface area contributed by atoms with Gasteiger partial charge in [-0.3, -0.25) is 0 Å². The Morgan fingerprint density at radius 2 is 1.81 bits per heavy atom. The van der Waals surface area contributed by atoms with E-state index in [9.17, 15) is 4.79 Å². The lowest BCUT2D eigenvalue weighted by molar-refractivity contribution is 0.176. The summed E-state index contributed by atoms with van der Waals surface area (Å²) in [5.74, 6) is 1.56. The second-order valence-corrected chi connectivity index (χ2v) is 7.71. The largest absolute Gasteiger partial charge is 0.481 e. The van der Waals surface area contributed by atoms with Gasteiger partial charge in [-0.2, -0.15) is 0 Å². The molecule has 0 bridgehead atoms. The highest BCUT2D eigenvalue weighted by Gasteiger charge is 2.37. The van der Waals surface area contributed by atoms with E-state index in [1.54, 1.807) is 13.4 Å². The van der Waals surface area contributed by atoms with E-state index in [-0.39, 0.29) is 6.03 Å². The second kappa shape index (κ2) is 7.68. The Morgan fingerprint density at radius 3 is 2.46 bits per heavy atom. The summed E-state index contributed by atoms with van der Waals surface area (Å²) in [7, 11) is 1.63. The lowest BCUT2D eigenvalue weighted by atomic mass is 10.0. The third-order valence-electron chi connectivity index (χ3n) is 5.87. The topological polar surface area (TPSA) is 70.6 Å². The molecule has 142 valence electrons. The number of piperidine rings is 1. The fourth-order valence-corrected chi connectivity index (χ4v) is 4.29. The molecule has 1 aliphatic heterocycles. The Morgan fingerprint density at radius 1 is 1.12 bits per heavy atom. The van der Waals surface area contributed by atoms with Gasteiger partial charge in [-0.25, -0.2) is 14.8 Å². The number of nitrogens with zero attached hydrogens (tertiary/aromatic N) is 4. The summed E-state index contributed by atoms with van der Waals surface area (Å²) in [5, 5.41) is 3.21. The molecule has 1 aromatic heterocycles. The van der Waals surface area contributed by atoms with E-state index in [1.165, 1.54) is 25.7 Å². The van der Waals surface area contributed by atoms with Crippen molar-refractivity contribution in [3.8, 4) is 5.88 Å². The molecule has 3 aliphatic rings. The maximum atomic E-state index is 12.5. The summed E-state index contributed by atoms with van der Waals surface area (Å²) in [6.45, 7) is 1.63. The molecule has 2 aliphatic carbocycles. The molecule has 2 amide bonds. The Labute approximate surface area is 155 Å². The van der Waals surface area contributed by atoms with Gasteiger partial charge in [0.15, 0.2) is 0 Å². The van der Waals surface area contributed by atoms with Crippen LogP contribution in [0.4, 0.5) is 10.6 Å². The maximum Gasteiger partial charge on any atom is 0.317 e. The van der Waals surface area contributed by atoms with Gasteiger partial charge < -0.3 is 19.9 Å². The van der Waals surface area contributed by atoms with Crippen LogP contribution in [0.3, 0.4) is 0 Å². The number of hydrogen-bond donors (Lipinski definition) is 1. The quantitative estimate of drug-likeness (QED) is 0.875. The molecule has 3 fully saturated rings. The van der Waals surface area contributed by atoms with Crippen molar-refractivity contribution in [1.82, 2.24) is 20.2 Å². The molecular weight excluding hydrogens is 330 g/mol. The van der Waals surface area contributed by atoms with Crippen molar-refractivity contribution in [2.75, 3.05) is 25.1 Å². The van der Waals surface area contributed by atoms with Crippen LogP contribution >= 0.6 is 0 Å². The van der Waals surface area contributed by atoms with Crippen LogP contribution in [0.15, 0.2) is 12.4 Å². The number of aromatic nitrogens is 2. The highest BCUT2D eigenvalue weighted by Crippen LogP contribution is 2.36. The van der Waals surface area contributed by atoms with Gasteiger partial charge in [0.05, 0.1) is 7.11 Å². The normalized spacial score (nSPS) is 21.7. The molecule has 7 nitrogen and oxygen atoms in total. The van der Waals surface area contributed by atoms with E-state index < -0.39 is 0 Å². The van der Waals surface area contributed by atoms with E-state index in [4.69, 9.17) is 4.74 Å². The van der Waals surface area contributed by atoms with Crippen LogP contribution in [0, 0.1) is 0 Å². The number of carbonyl (C=O) groups is 1.